The fourth-order valence-electron chi connectivity index (χ4n) is 1.25. The molecular formula is C10H22Cl3OTi. The Bertz CT molecular complexity index is 69.7. The van der Waals surface area contributed by atoms with Crippen LogP contribution in [0, 0.1) is 0 Å². The molecule has 0 fully saturated rings. The van der Waals surface area contributed by atoms with Crippen molar-refractivity contribution < 1.29 is 64.0 Å². The first kappa shape index (κ1) is 30.0. The molecule has 1 radical (unpaired) electrons. The Labute approximate surface area is 128 Å². The van der Waals surface area contributed by atoms with Crippen LogP contribution in [0.4, 0.5) is 0 Å². The van der Waals surface area contributed by atoms with Gasteiger partial charge < -0.3 is 42.3 Å². The normalized spacial score (nSPS) is 7.60. The van der Waals surface area contributed by atoms with Gasteiger partial charge in [-0.05, 0) is 6.42 Å². The summed E-state index contributed by atoms with van der Waals surface area (Å²) in [5, 5.41) is 8.51. The van der Waals surface area contributed by atoms with Gasteiger partial charge in [-0.15, -0.1) is 0 Å². The predicted molar refractivity (Wildman–Crippen MR) is 49.7 cm³/mol. The topological polar surface area (TPSA) is 20.2 Å². The van der Waals surface area contributed by atoms with Gasteiger partial charge in [-0.3, -0.25) is 0 Å². The van der Waals surface area contributed by atoms with Gasteiger partial charge in [0, 0.05) is 6.61 Å². The van der Waals surface area contributed by atoms with Gasteiger partial charge in [-0.1, -0.05) is 51.9 Å². The third kappa shape index (κ3) is 31.3. The molecule has 0 saturated carbocycles. The summed E-state index contributed by atoms with van der Waals surface area (Å²) < 4.78 is 0. The van der Waals surface area contributed by atoms with E-state index in [0.717, 1.165) is 6.42 Å². The third-order valence-electron chi connectivity index (χ3n) is 2.01. The molecule has 0 amide bonds. The first-order chi connectivity index (χ1) is 5.41. The summed E-state index contributed by atoms with van der Waals surface area (Å²) in [6.07, 6.45) is 10.4. The Kier molecular flexibility index (Phi) is 59.1. The molecule has 0 rings (SSSR count). The van der Waals surface area contributed by atoms with Gasteiger partial charge in [-0.2, -0.15) is 0 Å². The van der Waals surface area contributed by atoms with E-state index in [9.17, 15) is 0 Å². The van der Waals surface area contributed by atoms with E-state index in [2.05, 4.69) is 6.92 Å². The third-order valence-corrected chi connectivity index (χ3v) is 2.01. The van der Waals surface area contributed by atoms with Crippen molar-refractivity contribution in [3.63, 3.8) is 0 Å². The molecule has 0 unspecified atom stereocenters. The van der Waals surface area contributed by atoms with Crippen molar-refractivity contribution in [3.8, 4) is 0 Å². The number of hydrogen-bond acceptors (Lipinski definition) is 1. The molecule has 0 aliphatic rings. The van der Waals surface area contributed by atoms with Crippen LogP contribution in [0.5, 0.6) is 0 Å². The van der Waals surface area contributed by atoms with E-state index >= 15 is 0 Å². The van der Waals surface area contributed by atoms with E-state index in [1.54, 1.807) is 0 Å². The molecule has 93 valence electrons. The molecule has 0 aliphatic carbocycles. The van der Waals surface area contributed by atoms with Crippen molar-refractivity contribution >= 4 is 0 Å². The maximum Gasteiger partial charge on any atom is 3.00 e. The number of unbranched alkanes of at least 4 members (excludes halogenated alkanes) is 7. The molecule has 5 heteroatoms. The molecule has 1 nitrogen and oxygen atoms in total. The van der Waals surface area contributed by atoms with Gasteiger partial charge >= 0.3 is 21.7 Å². The van der Waals surface area contributed by atoms with Crippen LogP contribution >= 0.6 is 0 Å². The second-order valence-electron chi connectivity index (χ2n) is 3.20. The van der Waals surface area contributed by atoms with Crippen molar-refractivity contribution in [2.24, 2.45) is 0 Å². The quantitative estimate of drug-likeness (QED) is 0.350. The molecule has 0 aromatic carbocycles. The maximum atomic E-state index is 8.51. The molecular weight excluding hydrogens is 290 g/mol. The zero-order valence-electron chi connectivity index (χ0n) is 9.45. The summed E-state index contributed by atoms with van der Waals surface area (Å²) in [4.78, 5) is 0. The van der Waals surface area contributed by atoms with Gasteiger partial charge in [0.1, 0.15) is 0 Å². The van der Waals surface area contributed by atoms with Crippen molar-refractivity contribution in [3.05, 3.63) is 0 Å². The van der Waals surface area contributed by atoms with Crippen molar-refractivity contribution in [1.82, 2.24) is 0 Å². The van der Waals surface area contributed by atoms with Crippen LogP contribution < -0.4 is 37.2 Å². The Morgan fingerprint density at radius 1 is 0.667 bits per heavy atom. The van der Waals surface area contributed by atoms with Gasteiger partial charge in [0.25, 0.3) is 0 Å². The molecule has 0 aliphatic heterocycles. The molecule has 0 aromatic rings. The van der Waals surface area contributed by atoms with Crippen molar-refractivity contribution in [2.45, 2.75) is 58.3 Å². The Balaban J connectivity index is -0.0000000833. The first-order valence-electron chi connectivity index (χ1n) is 5.02. The predicted octanol–water partition coefficient (Wildman–Crippen LogP) is -5.87. The second-order valence-corrected chi connectivity index (χ2v) is 3.20. The SMILES string of the molecule is CCCCCCCCCCO.[Cl-].[Cl-].[Cl-].[Ti+3]. The first-order valence-corrected chi connectivity index (χ1v) is 5.02. The number of aliphatic hydroxyl groups excluding tert-OH is 1. The number of rotatable bonds is 8. The number of hydrogen-bond donors (Lipinski definition) is 1. The van der Waals surface area contributed by atoms with Gasteiger partial charge in [0.15, 0.2) is 0 Å². The molecule has 1 N–H and O–H groups in total. The zero-order chi connectivity index (χ0) is 8.36. The van der Waals surface area contributed by atoms with E-state index < -0.39 is 0 Å². The molecule has 15 heavy (non-hydrogen) atoms. The molecule has 0 saturated heterocycles. The number of halogens is 3. The van der Waals surface area contributed by atoms with Crippen LogP contribution in [0.1, 0.15) is 58.3 Å². The minimum atomic E-state index is 0. The standard InChI is InChI=1S/C10H22O.3ClH.Ti/c1-2-3-4-5-6-7-8-9-10-11;;;;/h11H,2-10H2,1H3;3*1H;/q;;;;+3/p-3. The summed E-state index contributed by atoms with van der Waals surface area (Å²) in [7, 11) is 0. The largest absolute Gasteiger partial charge is 3.00 e. The van der Waals surface area contributed by atoms with E-state index in [1.807, 2.05) is 0 Å². The van der Waals surface area contributed by atoms with E-state index in [0.29, 0.717) is 6.61 Å². The summed E-state index contributed by atoms with van der Waals surface area (Å²) in [6, 6.07) is 0. The smallest absolute Gasteiger partial charge is 1.00 e. The summed E-state index contributed by atoms with van der Waals surface area (Å²) in [5.41, 5.74) is 0. The monoisotopic (exact) mass is 311 g/mol. The second kappa shape index (κ2) is 29.6. The maximum absolute atomic E-state index is 8.51. The van der Waals surface area contributed by atoms with E-state index in [4.69, 9.17) is 5.11 Å². The summed E-state index contributed by atoms with van der Waals surface area (Å²) in [5.74, 6) is 0. The fourth-order valence-corrected chi connectivity index (χ4v) is 1.25. The molecule has 0 aromatic heterocycles. The molecule has 0 atom stereocenters. The van der Waals surface area contributed by atoms with Crippen LogP contribution in [0.3, 0.4) is 0 Å². The minimum absolute atomic E-state index is 0. The zero-order valence-corrected chi connectivity index (χ0v) is 13.3. The van der Waals surface area contributed by atoms with Crippen molar-refractivity contribution in [1.29, 1.82) is 0 Å². The number of aliphatic hydroxyl groups is 1. The van der Waals surface area contributed by atoms with Crippen molar-refractivity contribution in [2.75, 3.05) is 6.61 Å². The minimum Gasteiger partial charge on any atom is -1.00 e. The van der Waals surface area contributed by atoms with Gasteiger partial charge in [0.2, 0.25) is 0 Å². The average molecular weight is 313 g/mol. The van der Waals surface area contributed by atoms with E-state index in [-0.39, 0.29) is 58.9 Å². The molecule has 0 heterocycles. The van der Waals surface area contributed by atoms with Crippen LogP contribution in [-0.2, 0) is 21.7 Å². The van der Waals surface area contributed by atoms with Crippen LogP contribution in [0.15, 0.2) is 0 Å². The Morgan fingerprint density at radius 3 is 1.33 bits per heavy atom. The van der Waals surface area contributed by atoms with Crippen LogP contribution in [0.2, 0.25) is 0 Å². The summed E-state index contributed by atoms with van der Waals surface area (Å²) >= 11 is 0. The summed E-state index contributed by atoms with van der Waals surface area (Å²) in [6.45, 7) is 2.61. The Hall–Kier alpha value is 1.54. The molecule has 0 bridgehead atoms. The van der Waals surface area contributed by atoms with Gasteiger partial charge in [0.05, 0.1) is 0 Å². The van der Waals surface area contributed by atoms with E-state index in [1.165, 1.54) is 44.9 Å². The van der Waals surface area contributed by atoms with Gasteiger partial charge in [-0.25, -0.2) is 0 Å². The van der Waals surface area contributed by atoms with Crippen LogP contribution in [0.25, 0.3) is 0 Å². The average Bonchev–Trinajstić information content (AvgIpc) is 2.03. The molecule has 0 spiro atoms. The van der Waals surface area contributed by atoms with Crippen LogP contribution in [-0.4, -0.2) is 11.7 Å². The fraction of sp³-hybridized carbons (Fsp3) is 1.00. The Morgan fingerprint density at radius 2 is 1.00 bits per heavy atom.